The molecule has 17 heavy (non-hydrogen) atoms. The fourth-order valence-electron chi connectivity index (χ4n) is 1.15. The van der Waals surface area contributed by atoms with Gasteiger partial charge in [-0.2, -0.15) is 0 Å². The maximum Gasteiger partial charge on any atom is 0.337 e. The highest BCUT2D eigenvalue weighted by Gasteiger charge is 2.03. The summed E-state index contributed by atoms with van der Waals surface area (Å²) in [6.45, 7) is 3.78. The number of aromatic nitrogens is 1. The van der Waals surface area contributed by atoms with E-state index in [0.29, 0.717) is 19.1 Å². The second kappa shape index (κ2) is 7.62. The van der Waals surface area contributed by atoms with E-state index in [9.17, 15) is 4.79 Å². The first-order valence-electron chi connectivity index (χ1n) is 5.64. The molecule has 0 spiro atoms. The molecule has 0 aliphatic rings. The number of carboxylic acids is 1. The van der Waals surface area contributed by atoms with Crippen molar-refractivity contribution in [3.8, 4) is 5.88 Å². The van der Waals surface area contributed by atoms with Crippen LogP contribution in [-0.2, 0) is 4.74 Å². The fourth-order valence-corrected chi connectivity index (χ4v) is 1.15. The molecular formula is C12H17NO4. The van der Waals surface area contributed by atoms with E-state index < -0.39 is 5.97 Å². The number of nitrogens with zero attached hydrogens (tertiary/aromatic N) is 1. The Labute approximate surface area is 100 Å². The van der Waals surface area contributed by atoms with Crippen LogP contribution < -0.4 is 4.74 Å². The van der Waals surface area contributed by atoms with Crippen molar-refractivity contribution in [1.82, 2.24) is 4.98 Å². The number of aromatic carboxylic acids is 1. The van der Waals surface area contributed by atoms with E-state index in [1.807, 2.05) is 0 Å². The summed E-state index contributed by atoms with van der Waals surface area (Å²) in [4.78, 5) is 14.4. The Hall–Kier alpha value is -1.62. The van der Waals surface area contributed by atoms with Crippen molar-refractivity contribution in [3.63, 3.8) is 0 Å². The van der Waals surface area contributed by atoms with Crippen LogP contribution in [0.2, 0.25) is 0 Å². The van der Waals surface area contributed by atoms with Crippen molar-refractivity contribution in [2.24, 2.45) is 0 Å². The number of hydrogen-bond acceptors (Lipinski definition) is 4. The molecule has 0 unspecified atom stereocenters. The molecule has 1 N–H and O–H groups in total. The van der Waals surface area contributed by atoms with Crippen LogP contribution in [0.5, 0.6) is 5.88 Å². The van der Waals surface area contributed by atoms with Gasteiger partial charge in [-0.05, 0) is 12.5 Å². The van der Waals surface area contributed by atoms with Crippen LogP contribution in [-0.4, -0.2) is 35.9 Å². The molecule has 0 bridgehead atoms. The standard InChI is InChI=1S/C12H17NO4/c1-2-3-6-16-7-8-17-11-5-4-10(9-13-11)12(14)15/h4-5,9H,2-3,6-8H2,1H3,(H,14,15). The number of unbranched alkanes of at least 4 members (excludes halogenated alkanes) is 1. The summed E-state index contributed by atoms with van der Waals surface area (Å²) in [5, 5.41) is 8.67. The minimum Gasteiger partial charge on any atom is -0.478 e. The zero-order chi connectivity index (χ0) is 12.5. The van der Waals surface area contributed by atoms with Crippen molar-refractivity contribution in [3.05, 3.63) is 23.9 Å². The van der Waals surface area contributed by atoms with Gasteiger partial charge in [0, 0.05) is 18.9 Å². The molecule has 0 aliphatic heterocycles. The van der Waals surface area contributed by atoms with Gasteiger partial charge in [0.2, 0.25) is 5.88 Å². The largest absolute Gasteiger partial charge is 0.478 e. The lowest BCUT2D eigenvalue weighted by Gasteiger charge is -2.06. The maximum atomic E-state index is 10.6. The highest BCUT2D eigenvalue weighted by atomic mass is 16.5. The summed E-state index contributed by atoms with van der Waals surface area (Å²) >= 11 is 0. The Kier molecular flexibility index (Phi) is 6.03. The van der Waals surface area contributed by atoms with Crippen LogP contribution in [0.25, 0.3) is 0 Å². The number of carboxylic acid groups (broad SMARTS) is 1. The Morgan fingerprint density at radius 2 is 2.18 bits per heavy atom. The summed E-state index contributed by atoms with van der Waals surface area (Å²) in [5.41, 5.74) is 0.150. The van der Waals surface area contributed by atoms with Crippen LogP contribution in [0.15, 0.2) is 18.3 Å². The van der Waals surface area contributed by atoms with E-state index in [-0.39, 0.29) is 5.56 Å². The first-order valence-corrected chi connectivity index (χ1v) is 5.64. The molecule has 0 radical (unpaired) electrons. The van der Waals surface area contributed by atoms with E-state index in [1.165, 1.54) is 18.3 Å². The summed E-state index contributed by atoms with van der Waals surface area (Å²) in [5.74, 6) is -0.582. The molecule has 1 aromatic heterocycles. The van der Waals surface area contributed by atoms with Gasteiger partial charge in [-0.3, -0.25) is 0 Å². The lowest BCUT2D eigenvalue weighted by molar-refractivity contribution is 0.0696. The molecule has 0 amide bonds. The minimum absolute atomic E-state index is 0.150. The second-order valence-electron chi connectivity index (χ2n) is 3.50. The molecule has 0 atom stereocenters. The van der Waals surface area contributed by atoms with E-state index >= 15 is 0 Å². The Morgan fingerprint density at radius 1 is 1.35 bits per heavy atom. The molecule has 0 fully saturated rings. The molecular weight excluding hydrogens is 222 g/mol. The van der Waals surface area contributed by atoms with E-state index in [1.54, 1.807) is 0 Å². The van der Waals surface area contributed by atoms with Crippen LogP contribution in [0.1, 0.15) is 30.1 Å². The third-order valence-electron chi connectivity index (χ3n) is 2.10. The summed E-state index contributed by atoms with van der Waals surface area (Å²) in [6.07, 6.45) is 3.43. The molecule has 0 saturated carbocycles. The van der Waals surface area contributed by atoms with Crippen molar-refractivity contribution >= 4 is 5.97 Å². The number of ether oxygens (including phenoxy) is 2. The zero-order valence-electron chi connectivity index (χ0n) is 9.89. The lowest BCUT2D eigenvalue weighted by Crippen LogP contribution is -2.08. The molecule has 5 heteroatoms. The highest BCUT2D eigenvalue weighted by molar-refractivity contribution is 5.87. The first-order chi connectivity index (χ1) is 8.24. The molecule has 0 saturated heterocycles. The van der Waals surface area contributed by atoms with Gasteiger partial charge in [0.25, 0.3) is 0 Å². The molecule has 1 rings (SSSR count). The van der Waals surface area contributed by atoms with Gasteiger partial charge in [0.1, 0.15) is 6.61 Å². The first kappa shape index (κ1) is 13.4. The molecule has 1 heterocycles. The van der Waals surface area contributed by atoms with E-state index in [4.69, 9.17) is 14.6 Å². The quantitative estimate of drug-likeness (QED) is 0.702. The monoisotopic (exact) mass is 239 g/mol. The van der Waals surface area contributed by atoms with Gasteiger partial charge < -0.3 is 14.6 Å². The molecule has 5 nitrogen and oxygen atoms in total. The summed E-state index contributed by atoms with van der Waals surface area (Å²) < 4.78 is 10.6. The number of pyridine rings is 1. The Morgan fingerprint density at radius 3 is 2.76 bits per heavy atom. The smallest absolute Gasteiger partial charge is 0.337 e. The van der Waals surface area contributed by atoms with Gasteiger partial charge >= 0.3 is 5.97 Å². The zero-order valence-corrected chi connectivity index (χ0v) is 9.89. The lowest BCUT2D eigenvalue weighted by atomic mass is 10.3. The third kappa shape index (κ3) is 5.31. The predicted molar refractivity (Wildman–Crippen MR) is 62.4 cm³/mol. The van der Waals surface area contributed by atoms with Crippen LogP contribution in [0.3, 0.4) is 0 Å². The van der Waals surface area contributed by atoms with Crippen molar-refractivity contribution < 1.29 is 19.4 Å². The van der Waals surface area contributed by atoms with E-state index in [0.717, 1.165) is 19.4 Å². The van der Waals surface area contributed by atoms with Crippen LogP contribution in [0, 0.1) is 0 Å². The predicted octanol–water partition coefficient (Wildman–Crippen LogP) is 1.98. The van der Waals surface area contributed by atoms with Gasteiger partial charge in [-0.25, -0.2) is 9.78 Å². The average molecular weight is 239 g/mol. The maximum absolute atomic E-state index is 10.6. The molecule has 0 aliphatic carbocycles. The second-order valence-corrected chi connectivity index (χ2v) is 3.50. The van der Waals surface area contributed by atoms with Crippen molar-refractivity contribution in [2.75, 3.05) is 19.8 Å². The summed E-state index contributed by atoms with van der Waals surface area (Å²) in [7, 11) is 0. The van der Waals surface area contributed by atoms with Gasteiger partial charge in [0.15, 0.2) is 0 Å². The van der Waals surface area contributed by atoms with Crippen LogP contribution >= 0.6 is 0 Å². The molecule has 0 aromatic carbocycles. The SMILES string of the molecule is CCCCOCCOc1ccc(C(=O)O)cn1. The topological polar surface area (TPSA) is 68.7 Å². The number of rotatable bonds is 8. The highest BCUT2D eigenvalue weighted by Crippen LogP contribution is 2.07. The van der Waals surface area contributed by atoms with Gasteiger partial charge in [-0.15, -0.1) is 0 Å². The Bertz CT molecular complexity index is 337. The fraction of sp³-hybridized carbons (Fsp3) is 0.500. The van der Waals surface area contributed by atoms with E-state index in [2.05, 4.69) is 11.9 Å². The normalized spacial score (nSPS) is 10.2. The third-order valence-corrected chi connectivity index (χ3v) is 2.10. The molecule has 1 aromatic rings. The number of hydrogen-bond donors (Lipinski definition) is 1. The number of carbonyl (C=O) groups is 1. The average Bonchev–Trinajstić information content (AvgIpc) is 2.34. The molecule has 94 valence electrons. The Balaban J connectivity index is 2.21. The van der Waals surface area contributed by atoms with Crippen molar-refractivity contribution in [1.29, 1.82) is 0 Å². The summed E-state index contributed by atoms with van der Waals surface area (Å²) in [6, 6.07) is 3.00. The van der Waals surface area contributed by atoms with Crippen LogP contribution in [0.4, 0.5) is 0 Å². The van der Waals surface area contributed by atoms with Gasteiger partial charge in [0.05, 0.1) is 12.2 Å². The van der Waals surface area contributed by atoms with Gasteiger partial charge in [-0.1, -0.05) is 13.3 Å². The minimum atomic E-state index is -0.994. The van der Waals surface area contributed by atoms with Crippen molar-refractivity contribution in [2.45, 2.75) is 19.8 Å².